The Balaban J connectivity index is 1.76. The van der Waals surface area contributed by atoms with E-state index in [4.69, 9.17) is 27.9 Å². The number of hydrogen-bond acceptors (Lipinski definition) is 6. The lowest BCUT2D eigenvalue weighted by molar-refractivity contribution is 0.415. The number of ether oxygens (including phenoxy) is 1. The molecule has 10 heteroatoms. The zero-order valence-electron chi connectivity index (χ0n) is 13.6. The fourth-order valence-corrected chi connectivity index (χ4v) is 4.25. The summed E-state index contributed by atoms with van der Waals surface area (Å²) in [6.45, 7) is 0.0299. The van der Waals surface area contributed by atoms with Gasteiger partial charge in [-0.2, -0.15) is 4.80 Å². The van der Waals surface area contributed by atoms with Gasteiger partial charge in [-0.05, 0) is 35.5 Å². The predicted molar refractivity (Wildman–Crippen MR) is 98.3 cm³/mol. The van der Waals surface area contributed by atoms with E-state index < -0.39 is 9.84 Å². The van der Waals surface area contributed by atoms with Crippen LogP contribution in [-0.4, -0.2) is 41.5 Å². The Kier molecular flexibility index (Phi) is 5.45. The number of benzene rings is 2. The van der Waals surface area contributed by atoms with Crippen LogP contribution in [0.2, 0.25) is 10.0 Å². The molecule has 0 aliphatic rings. The van der Waals surface area contributed by atoms with Crippen LogP contribution in [0.4, 0.5) is 0 Å². The van der Waals surface area contributed by atoms with Crippen molar-refractivity contribution in [3.8, 4) is 17.1 Å². The molecule has 0 saturated carbocycles. The fourth-order valence-electron chi connectivity index (χ4n) is 2.24. The molecule has 1 aromatic heterocycles. The molecule has 0 amide bonds. The molecule has 26 heavy (non-hydrogen) atoms. The van der Waals surface area contributed by atoms with Crippen molar-refractivity contribution in [2.75, 3.05) is 12.9 Å². The number of sulfone groups is 1. The molecular formula is C16H14Cl2N4O3S. The van der Waals surface area contributed by atoms with E-state index in [9.17, 15) is 8.42 Å². The topological polar surface area (TPSA) is 87.0 Å². The predicted octanol–water partition coefficient (Wildman–Crippen LogP) is 3.13. The van der Waals surface area contributed by atoms with Crippen LogP contribution in [0, 0.1) is 0 Å². The van der Waals surface area contributed by atoms with Crippen LogP contribution in [0.3, 0.4) is 0 Å². The molecule has 0 atom stereocenters. The second-order valence-electron chi connectivity index (χ2n) is 5.33. The molecule has 0 spiro atoms. The average molecular weight is 413 g/mol. The summed E-state index contributed by atoms with van der Waals surface area (Å²) >= 11 is 11.8. The van der Waals surface area contributed by atoms with Crippen molar-refractivity contribution in [3.63, 3.8) is 0 Å². The van der Waals surface area contributed by atoms with Crippen molar-refractivity contribution < 1.29 is 13.2 Å². The number of aromatic nitrogens is 4. The van der Waals surface area contributed by atoms with Gasteiger partial charge in [-0.1, -0.05) is 35.3 Å². The van der Waals surface area contributed by atoms with Crippen molar-refractivity contribution in [2.24, 2.45) is 0 Å². The zero-order chi connectivity index (χ0) is 18.7. The third-order valence-electron chi connectivity index (χ3n) is 3.57. The largest absolute Gasteiger partial charge is 0.497 e. The van der Waals surface area contributed by atoms with Crippen molar-refractivity contribution in [1.29, 1.82) is 0 Å². The molecule has 0 unspecified atom stereocenters. The second-order valence-corrected chi connectivity index (χ2v) is 8.26. The maximum absolute atomic E-state index is 12.5. The molecule has 1 heterocycles. The SMILES string of the molecule is COc1cccc(-c2nnn(CCS(=O)(=O)c3cc(Cl)ccc3Cl)n2)c1. The molecule has 0 radical (unpaired) electrons. The first-order valence-corrected chi connectivity index (χ1v) is 9.90. The number of rotatable bonds is 6. The Bertz CT molecular complexity index is 1040. The summed E-state index contributed by atoms with van der Waals surface area (Å²) in [7, 11) is -2.08. The van der Waals surface area contributed by atoms with Gasteiger partial charge < -0.3 is 4.74 Å². The summed E-state index contributed by atoms with van der Waals surface area (Å²) in [6, 6.07) is 11.5. The Morgan fingerprint density at radius 3 is 2.73 bits per heavy atom. The molecule has 0 aliphatic heterocycles. The van der Waals surface area contributed by atoms with Gasteiger partial charge in [0.15, 0.2) is 9.84 Å². The van der Waals surface area contributed by atoms with E-state index in [2.05, 4.69) is 15.4 Å². The fraction of sp³-hybridized carbons (Fsp3) is 0.188. The third kappa shape index (κ3) is 4.14. The van der Waals surface area contributed by atoms with Crippen molar-refractivity contribution in [1.82, 2.24) is 20.2 Å². The van der Waals surface area contributed by atoms with Crippen molar-refractivity contribution in [3.05, 3.63) is 52.5 Å². The van der Waals surface area contributed by atoms with Crippen LogP contribution < -0.4 is 4.74 Å². The van der Waals surface area contributed by atoms with Crippen LogP contribution >= 0.6 is 23.2 Å². The number of nitrogens with zero attached hydrogens (tertiary/aromatic N) is 4. The van der Waals surface area contributed by atoms with E-state index in [1.807, 2.05) is 6.07 Å². The molecule has 2 aromatic carbocycles. The molecule has 136 valence electrons. The zero-order valence-corrected chi connectivity index (χ0v) is 16.0. The minimum absolute atomic E-state index is 0.0141. The normalized spacial score (nSPS) is 11.5. The maximum atomic E-state index is 12.5. The average Bonchev–Trinajstić information content (AvgIpc) is 3.11. The van der Waals surface area contributed by atoms with E-state index in [1.165, 1.54) is 23.0 Å². The Labute approximate surface area is 160 Å². The van der Waals surface area contributed by atoms with Gasteiger partial charge in [0.1, 0.15) is 5.75 Å². The van der Waals surface area contributed by atoms with E-state index in [0.29, 0.717) is 16.6 Å². The van der Waals surface area contributed by atoms with Gasteiger partial charge in [-0.15, -0.1) is 10.2 Å². The summed E-state index contributed by atoms with van der Waals surface area (Å²) in [5, 5.41) is 12.5. The number of methoxy groups -OCH3 is 1. The lowest BCUT2D eigenvalue weighted by atomic mass is 10.2. The Hall–Kier alpha value is -2.16. The van der Waals surface area contributed by atoms with E-state index in [1.54, 1.807) is 25.3 Å². The summed E-state index contributed by atoms with van der Waals surface area (Å²) in [5.74, 6) is 0.806. The quantitative estimate of drug-likeness (QED) is 0.617. The monoisotopic (exact) mass is 412 g/mol. The highest BCUT2D eigenvalue weighted by atomic mass is 35.5. The first-order valence-electron chi connectivity index (χ1n) is 7.49. The third-order valence-corrected chi connectivity index (χ3v) is 5.97. The first kappa shape index (κ1) is 18.6. The van der Waals surface area contributed by atoms with Gasteiger partial charge in [-0.3, -0.25) is 0 Å². The minimum Gasteiger partial charge on any atom is -0.497 e. The van der Waals surface area contributed by atoms with Crippen LogP contribution in [0.1, 0.15) is 0 Å². The van der Waals surface area contributed by atoms with Gasteiger partial charge >= 0.3 is 0 Å². The summed E-state index contributed by atoms with van der Waals surface area (Å²) in [6.07, 6.45) is 0. The Morgan fingerprint density at radius 2 is 1.96 bits per heavy atom. The molecule has 0 aliphatic carbocycles. The molecular weight excluding hydrogens is 399 g/mol. The van der Waals surface area contributed by atoms with Gasteiger partial charge in [0.05, 0.1) is 29.3 Å². The first-order chi connectivity index (χ1) is 12.4. The number of hydrogen-bond donors (Lipinski definition) is 0. The van der Waals surface area contributed by atoms with Crippen LogP contribution in [0.5, 0.6) is 5.75 Å². The summed E-state index contributed by atoms with van der Waals surface area (Å²) in [5.41, 5.74) is 0.719. The van der Waals surface area contributed by atoms with Crippen molar-refractivity contribution >= 4 is 33.0 Å². The van der Waals surface area contributed by atoms with Crippen LogP contribution in [0.25, 0.3) is 11.4 Å². The minimum atomic E-state index is -3.64. The highest BCUT2D eigenvalue weighted by Gasteiger charge is 2.19. The molecule has 0 fully saturated rings. The number of tetrazole rings is 1. The lowest BCUT2D eigenvalue weighted by Crippen LogP contribution is -2.15. The number of aryl methyl sites for hydroxylation is 1. The van der Waals surface area contributed by atoms with Gasteiger partial charge in [0, 0.05) is 10.6 Å². The molecule has 7 nitrogen and oxygen atoms in total. The van der Waals surface area contributed by atoms with E-state index >= 15 is 0 Å². The highest BCUT2D eigenvalue weighted by Crippen LogP contribution is 2.26. The van der Waals surface area contributed by atoms with Gasteiger partial charge in [-0.25, -0.2) is 8.42 Å². The molecule has 0 saturated heterocycles. The maximum Gasteiger partial charge on any atom is 0.205 e. The van der Waals surface area contributed by atoms with Crippen LogP contribution in [-0.2, 0) is 16.4 Å². The Morgan fingerprint density at radius 1 is 1.15 bits per heavy atom. The molecule has 3 rings (SSSR count). The molecule has 0 bridgehead atoms. The summed E-state index contributed by atoms with van der Waals surface area (Å²) in [4.78, 5) is 1.21. The molecule has 0 N–H and O–H groups in total. The lowest BCUT2D eigenvalue weighted by Gasteiger charge is -2.06. The van der Waals surface area contributed by atoms with Crippen LogP contribution in [0.15, 0.2) is 47.4 Å². The standard InChI is InChI=1S/C16H14Cl2N4O3S/c1-25-13-4-2-3-11(9-13)16-19-21-22(20-16)7-8-26(23,24)15-10-12(17)5-6-14(15)18/h2-6,9-10H,7-8H2,1H3. The number of halogens is 2. The highest BCUT2D eigenvalue weighted by molar-refractivity contribution is 7.91. The second kappa shape index (κ2) is 7.61. The smallest absolute Gasteiger partial charge is 0.205 e. The van der Waals surface area contributed by atoms with Gasteiger partial charge in [0.25, 0.3) is 0 Å². The van der Waals surface area contributed by atoms with Gasteiger partial charge in [0.2, 0.25) is 5.82 Å². The van der Waals surface area contributed by atoms with E-state index in [-0.39, 0.29) is 22.2 Å². The van der Waals surface area contributed by atoms with Crippen molar-refractivity contribution in [2.45, 2.75) is 11.4 Å². The summed E-state index contributed by atoms with van der Waals surface area (Å²) < 4.78 is 30.1. The van der Waals surface area contributed by atoms with E-state index in [0.717, 1.165) is 5.56 Å². The molecule has 3 aromatic rings.